The highest BCUT2D eigenvalue weighted by Crippen LogP contribution is 2.50. The van der Waals surface area contributed by atoms with Gasteiger partial charge in [-0.3, -0.25) is 0 Å². The first-order chi connectivity index (χ1) is 25.4. The molecule has 1 aliphatic carbocycles. The van der Waals surface area contributed by atoms with Crippen LogP contribution < -0.4 is 4.90 Å². The van der Waals surface area contributed by atoms with Crippen LogP contribution >= 0.6 is 0 Å². The van der Waals surface area contributed by atoms with Gasteiger partial charge in [0.15, 0.2) is 0 Å². The summed E-state index contributed by atoms with van der Waals surface area (Å²) in [5.74, 6) is 0. The lowest BCUT2D eigenvalue weighted by Crippen LogP contribution is -2.18. The first kappa shape index (κ1) is 31.6. The third-order valence-corrected chi connectivity index (χ3v) is 10.9. The minimum Gasteiger partial charge on any atom is -0.311 e. The number of aromatic nitrogens is 1. The second kappa shape index (κ2) is 12.4. The lowest BCUT2D eigenvalue weighted by Gasteiger charge is -2.29. The Labute approximate surface area is 305 Å². The van der Waals surface area contributed by atoms with E-state index in [0.29, 0.717) is 0 Å². The molecule has 2 heteroatoms. The van der Waals surface area contributed by atoms with Gasteiger partial charge >= 0.3 is 0 Å². The summed E-state index contributed by atoms with van der Waals surface area (Å²) in [6.45, 7) is 11.4. The van der Waals surface area contributed by atoms with Crippen LogP contribution in [0.1, 0.15) is 31.9 Å². The molecule has 7 aromatic carbocycles. The number of fused-ring (bicyclic) bond motifs is 7. The molecule has 0 N–H and O–H groups in total. The topological polar surface area (TPSA) is 8.17 Å². The van der Waals surface area contributed by atoms with Crippen molar-refractivity contribution in [3.05, 3.63) is 199 Å². The summed E-state index contributed by atoms with van der Waals surface area (Å²) in [4.78, 5) is 2.37. The highest BCUT2D eigenvalue weighted by molar-refractivity contribution is 6.10. The molecule has 0 unspecified atom stereocenters. The molecule has 9 rings (SSSR count). The minimum absolute atomic E-state index is 0.107. The number of benzene rings is 7. The number of para-hydroxylation sites is 2. The number of anilines is 2. The number of rotatable bonds is 7. The van der Waals surface area contributed by atoms with E-state index in [-0.39, 0.29) is 5.41 Å². The Morgan fingerprint density at radius 1 is 0.558 bits per heavy atom. The van der Waals surface area contributed by atoms with Crippen LogP contribution in [0, 0.1) is 0 Å². The summed E-state index contributed by atoms with van der Waals surface area (Å²) in [7, 11) is 0. The highest BCUT2D eigenvalue weighted by atomic mass is 15.1. The lowest BCUT2D eigenvalue weighted by atomic mass is 9.82. The van der Waals surface area contributed by atoms with Crippen molar-refractivity contribution in [2.75, 3.05) is 4.90 Å². The van der Waals surface area contributed by atoms with Crippen molar-refractivity contribution in [2.24, 2.45) is 0 Å². The first-order valence-electron chi connectivity index (χ1n) is 18.1. The van der Waals surface area contributed by atoms with E-state index in [0.717, 1.165) is 33.8 Å². The maximum atomic E-state index is 4.59. The van der Waals surface area contributed by atoms with Gasteiger partial charge in [0.05, 0.1) is 11.0 Å². The first-order valence-corrected chi connectivity index (χ1v) is 18.1. The molecule has 0 saturated carbocycles. The van der Waals surface area contributed by atoms with E-state index < -0.39 is 0 Å². The monoisotopic (exact) mass is 668 g/mol. The van der Waals surface area contributed by atoms with Crippen LogP contribution in [0.5, 0.6) is 0 Å². The molecule has 1 aliphatic rings. The SMILES string of the molecule is C=C(/C=C\C(=C/C)N(c1ccc(-c2ccc3ccccc3c2)cc1)c1ccc2c(c1)C(C)(C)c1ccccc1-2)n1c2ccccc2c2ccccc21. The standard InChI is InChI=1S/C50H40N2/c1-5-39(27-22-34(2)51-48-20-12-9-17-44(48)45-18-10-13-21-49(45)51)52(41-30-31-43-42-16-8-11-19-46(42)50(3,4)47(43)33-41)40-28-25-36(26-29-40)38-24-23-35-14-6-7-15-37(35)32-38/h5-33H,2H2,1,3-4H3/b27-22-,39-5+. The summed E-state index contributed by atoms with van der Waals surface area (Å²) < 4.78 is 2.27. The zero-order valence-electron chi connectivity index (χ0n) is 29.8. The molecule has 8 aromatic rings. The molecule has 1 heterocycles. The number of hydrogen-bond donors (Lipinski definition) is 0. The van der Waals surface area contributed by atoms with Crippen molar-refractivity contribution in [3.8, 4) is 22.3 Å². The summed E-state index contributed by atoms with van der Waals surface area (Å²) >= 11 is 0. The van der Waals surface area contributed by atoms with Crippen LogP contribution in [-0.4, -0.2) is 4.57 Å². The highest BCUT2D eigenvalue weighted by Gasteiger charge is 2.35. The van der Waals surface area contributed by atoms with Gasteiger partial charge in [-0.2, -0.15) is 0 Å². The number of nitrogens with zero attached hydrogens (tertiary/aromatic N) is 2. The van der Waals surface area contributed by atoms with E-state index in [9.17, 15) is 0 Å². The van der Waals surface area contributed by atoms with Gasteiger partial charge in [0, 0.05) is 39.0 Å². The molecule has 2 nitrogen and oxygen atoms in total. The Morgan fingerprint density at radius 3 is 1.88 bits per heavy atom. The van der Waals surface area contributed by atoms with E-state index in [2.05, 4.69) is 213 Å². The molecule has 0 atom stereocenters. The maximum Gasteiger partial charge on any atom is 0.0540 e. The van der Waals surface area contributed by atoms with Crippen LogP contribution in [-0.2, 0) is 5.41 Å². The lowest BCUT2D eigenvalue weighted by molar-refractivity contribution is 0.660. The van der Waals surface area contributed by atoms with Crippen molar-refractivity contribution >= 4 is 49.7 Å². The molecule has 0 saturated heterocycles. The van der Waals surface area contributed by atoms with E-state index in [1.165, 1.54) is 54.9 Å². The zero-order chi connectivity index (χ0) is 35.4. The molecule has 0 radical (unpaired) electrons. The quantitative estimate of drug-likeness (QED) is 0.153. The summed E-state index contributed by atoms with van der Waals surface area (Å²) in [6.07, 6.45) is 6.55. The Kier molecular flexibility index (Phi) is 7.56. The fourth-order valence-corrected chi connectivity index (χ4v) is 8.24. The second-order valence-corrected chi connectivity index (χ2v) is 14.3. The Hall–Kier alpha value is -6.38. The molecule has 0 amide bonds. The maximum absolute atomic E-state index is 4.59. The van der Waals surface area contributed by atoms with E-state index in [4.69, 9.17) is 0 Å². The molecular formula is C50H40N2. The molecule has 1 aromatic heterocycles. The number of allylic oxidation sites excluding steroid dienone is 4. The summed E-state index contributed by atoms with van der Waals surface area (Å²) in [5, 5.41) is 4.96. The number of hydrogen-bond acceptors (Lipinski definition) is 1. The largest absolute Gasteiger partial charge is 0.311 e. The normalized spacial score (nSPS) is 13.6. The Morgan fingerprint density at radius 2 is 1.15 bits per heavy atom. The Bertz CT molecular complexity index is 2680. The molecule has 0 aliphatic heterocycles. The smallest absolute Gasteiger partial charge is 0.0540 e. The van der Waals surface area contributed by atoms with E-state index in [1.807, 2.05) is 0 Å². The van der Waals surface area contributed by atoms with Gasteiger partial charge in [-0.15, -0.1) is 0 Å². The fourth-order valence-electron chi connectivity index (χ4n) is 8.24. The average molecular weight is 669 g/mol. The van der Waals surface area contributed by atoms with Crippen LogP contribution in [0.4, 0.5) is 11.4 Å². The Balaban J connectivity index is 1.14. The van der Waals surface area contributed by atoms with Crippen molar-refractivity contribution < 1.29 is 0 Å². The van der Waals surface area contributed by atoms with E-state index >= 15 is 0 Å². The predicted octanol–water partition coefficient (Wildman–Crippen LogP) is 13.7. The molecule has 0 fully saturated rings. The van der Waals surface area contributed by atoms with Gasteiger partial charge in [-0.1, -0.05) is 142 Å². The van der Waals surface area contributed by atoms with Crippen LogP contribution in [0.15, 0.2) is 188 Å². The predicted molar refractivity (Wildman–Crippen MR) is 223 cm³/mol. The molecule has 0 spiro atoms. The van der Waals surface area contributed by atoms with Crippen molar-refractivity contribution in [3.63, 3.8) is 0 Å². The average Bonchev–Trinajstić information content (AvgIpc) is 3.65. The van der Waals surface area contributed by atoms with Gasteiger partial charge in [-0.05, 0) is 106 Å². The van der Waals surface area contributed by atoms with Gasteiger partial charge < -0.3 is 9.47 Å². The molecule has 250 valence electrons. The molecule has 52 heavy (non-hydrogen) atoms. The van der Waals surface area contributed by atoms with Gasteiger partial charge in [0.2, 0.25) is 0 Å². The molecular weight excluding hydrogens is 629 g/mol. The second-order valence-electron chi connectivity index (χ2n) is 14.3. The zero-order valence-corrected chi connectivity index (χ0v) is 29.8. The van der Waals surface area contributed by atoms with Crippen molar-refractivity contribution in [2.45, 2.75) is 26.2 Å². The minimum atomic E-state index is -0.107. The van der Waals surface area contributed by atoms with Crippen LogP contribution in [0.3, 0.4) is 0 Å². The van der Waals surface area contributed by atoms with Gasteiger partial charge in [0.25, 0.3) is 0 Å². The van der Waals surface area contributed by atoms with Gasteiger partial charge in [-0.25, -0.2) is 0 Å². The van der Waals surface area contributed by atoms with Crippen molar-refractivity contribution in [1.82, 2.24) is 4.57 Å². The van der Waals surface area contributed by atoms with Crippen LogP contribution in [0.2, 0.25) is 0 Å². The van der Waals surface area contributed by atoms with Crippen LogP contribution in [0.25, 0.3) is 60.5 Å². The summed E-state index contributed by atoms with van der Waals surface area (Å²) in [6, 6.07) is 57.2. The fraction of sp³-hybridized carbons (Fsp3) is 0.0800. The van der Waals surface area contributed by atoms with Gasteiger partial charge in [0.1, 0.15) is 0 Å². The summed E-state index contributed by atoms with van der Waals surface area (Å²) in [5.41, 5.74) is 14.2. The van der Waals surface area contributed by atoms with Crippen molar-refractivity contribution in [1.29, 1.82) is 0 Å². The third-order valence-electron chi connectivity index (χ3n) is 10.9. The molecule has 0 bridgehead atoms. The van der Waals surface area contributed by atoms with E-state index in [1.54, 1.807) is 0 Å². The third kappa shape index (κ3) is 5.10.